The van der Waals surface area contributed by atoms with Crippen LogP contribution in [0.3, 0.4) is 0 Å². The normalized spacial score (nSPS) is 12.0. The molecule has 0 bridgehead atoms. The van der Waals surface area contributed by atoms with Crippen molar-refractivity contribution in [3.8, 4) is 0 Å². The Balaban J connectivity index is 2.11. The molecule has 1 atom stereocenters. The average molecular weight is 419 g/mol. The number of rotatable bonds is 7. The Morgan fingerprint density at radius 1 is 1.31 bits per heavy atom. The van der Waals surface area contributed by atoms with E-state index in [-0.39, 0.29) is 37.0 Å². The lowest BCUT2D eigenvalue weighted by Gasteiger charge is -2.12. The van der Waals surface area contributed by atoms with Crippen LogP contribution in [0, 0.1) is 0 Å². The minimum atomic E-state index is -1.02. The number of carbonyl (C=O) groups is 2. The third kappa shape index (κ3) is 4.38. The molecule has 0 saturated heterocycles. The van der Waals surface area contributed by atoms with Crippen LogP contribution < -0.4 is 0 Å². The van der Waals surface area contributed by atoms with Gasteiger partial charge in [0.15, 0.2) is 5.92 Å². The number of benzene rings is 1. The minimum absolute atomic E-state index is 0.0299. The molecular formula is C20H19ClN2O6. The Bertz CT molecular complexity index is 1050. The zero-order valence-corrected chi connectivity index (χ0v) is 16.6. The van der Waals surface area contributed by atoms with E-state index >= 15 is 0 Å². The maximum absolute atomic E-state index is 12.6. The number of carbonyl (C=O) groups excluding carboxylic acids is 2. The summed E-state index contributed by atoms with van der Waals surface area (Å²) in [7, 11) is 1.25. The quantitative estimate of drug-likeness (QED) is 0.583. The number of aliphatic hydroxyl groups is 1. The van der Waals surface area contributed by atoms with Crippen molar-refractivity contribution in [1.82, 2.24) is 9.97 Å². The Labute approximate surface area is 171 Å². The number of aliphatic hydroxyl groups excluding tert-OH is 1. The van der Waals surface area contributed by atoms with Crippen molar-refractivity contribution in [3.05, 3.63) is 58.4 Å². The Kier molecular flexibility index (Phi) is 6.46. The first-order chi connectivity index (χ1) is 14.0. The van der Waals surface area contributed by atoms with Gasteiger partial charge in [-0.3, -0.25) is 9.78 Å². The van der Waals surface area contributed by atoms with Gasteiger partial charge in [0.25, 0.3) is 0 Å². The van der Waals surface area contributed by atoms with Crippen molar-refractivity contribution in [2.75, 3.05) is 20.3 Å². The lowest BCUT2D eigenvalue weighted by molar-refractivity contribution is -0.141. The largest absolute Gasteiger partial charge is 0.468 e. The van der Waals surface area contributed by atoms with Gasteiger partial charge in [-0.2, -0.15) is 0 Å². The SMILES string of the molecule is CCOC(=O)c1oc(C(C(=O)OC)c2ccc3ncc(Cl)cc3c2)nc1CCO. The second-order valence-electron chi connectivity index (χ2n) is 6.08. The highest BCUT2D eigenvalue weighted by atomic mass is 35.5. The van der Waals surface area contributed by atoms with Gasteiger partial charge < -0.3 is 19.0 Å². The van der Waals surface area contributed by atoms with Gasteiger partial charge in [0, 0.05) is 24.6 Å². The molecule has 0 aliphatic rings. The van der Waals surface area contributed by atoms with Gasteiger partial charge >= 0.3 is 11.9 Å². The van der Waals surface area contributed by atoms with Gasteiger partial charge in [-0.05, 0) is 30.7 Å². The van der Waals surface area contributed by atoms with Crippen LogP contribution in [0.4, 0.5) is 0 Å². The van der Waals surface area contributed by atoms with Crippen molar-refractivity contribution in [1.29, 1.82) is 0 Å². The van der Waals surface area contributed by atoms with Gasteiger partial charge in [-0.25, -0.2) is 9.78 Å². The van der Waals surface area contributed by atoms with Crippen LogP contribution in [0.15, 0.2) is 34.9 Å². The van der Waals surface area contributed by atoms with Crippen molar-refractivity contribution in [3.63, 3.8) is 0 Å². The number of nitrogens with zero attached hydrogens (tertiary/aromatic N) is 2. The van der Waals surface area contributed by atoms with E-state index in [4.69, 9.17) is 25.5 Å². The fourth-order valence-corrected chi connectivity index (χ4v) is 3.09. The molecule has 8 nitrogen and oxygen atoms in total. The van der Waals surface area contributed by atoms with E-state index in [2.05, 4.69) is 9.97 Å². The van der Waals surface area contributed by atoms with Gasteiger partial charge in [-0.15, -0.1) is 0 Å². The topological polar surface area (TPSA) is 112 Å². The summed E-state index contributed by atoms with van der Waals surface area (Å²) in [6.45, 7) is 1.56. The maximum Gasteiger partial charge on any atom is 0.376 e. The smallest absolute Gasteiger partial charge is 0.376 e. The second kappa shape index (κ2) is 9.02. The summed E-state index contributed by atoms with van der Waals surface area (Å²) >= 11 is 6.02. The molecule has 0 spiro atoms. The number of methoxy groups -OCH3 is 1. The Morgan fingerprint density at radius 3 is 2.79 bits per heavy atom. The highest BCUT2D eigenvalue weighted by molar-refractivity contribution is 6.31. The third-order valence-corrected chi connectivity index (χ3v) is 4.42. The molecule has 9 heteroatoms. The molecule has 29 heavy (non-hydrogen) atoms. The predicted molar refractivity (Wildman–Crippen MR) is 104 cm³/mol. The average Bonchev–Trinajstić information content (AvgIpc) is 3.11. The minimum Gasteiger partial charge on any atom is -0.468 e. The molecule has 0 aliphatic heterocycles. The summed E-state index contributed by atoms with van der Waals surface area (Å²) in [5.41, 5.74) is 1.43. The van der Waals surface area contributed by atoms with E-state index in [0.717, 1.165) is 5.39 Å². The zero-order chi connectivity index (χ0) is 21.0. The highest BCUT2D eigenvalue weighted by Gasteiger charge is 2.32. The Morgan fingerprint density at radius 2 is 2.10 bits per heavy atom. The van der Waals surface area contributed by atoms with Crippen molar-refractivity contribution in [2.24, 2.45) is 0 Å². The van der Waals surface area contributed by atoms with Crippen LogP contribution in [0.2, 0.25) is 5.02 Å². The number of hydrogen-bond donors (Lipinski definition) is 1. The molecule has 3 rings (SSSR count). The number of esters is 2. The van der Waals surface area contributed by atoms with Gasteiger partial charge in [0.2, 0.25) is 11.7 Å². The number of halogens is 1. The Hall–Kier alpha value is -2.97. The molecule has 0 fully saturated rings. The predicted octanol–water partition coefficient (Wildman–Crippen LogP) is 2.89. The zero-order valence-electron chi connectivity index (χ0n) is 15.8. The first kappa shape index (κ1) is 20.8. The number of hydrogen-bond acceptors (Lipinski definition) is 8. The number of aromatic nitrogens is 2. The highest BCUT2D eigenvalue weighted by Crippen LogP contribution is 2.30. The summed E-state index contributed by atoms with van der Waals surface area (Å²) in [6.07, 6.45) is 1.60. The van der Waals surface area contributed by atoms with E-state index in [1.165, 1.54) is 13.3 Å². The molecule has 1 N–H and O–H groups in total. The summed E-state index contributed by atoms with van der Waals surface area (Å²) in [5.74, 6) is -2.53. The van der Waals surface area contributed by atoms with Crippen LogP contribution in [-0.4, -0.2) is 47.3 Å². The molecule has 2 aromatic heterocycles. The van der Waals surface area contributed by atoms with Gasteiger partial charge in [-0.1, -0.05) is 17.7 Å². The summed E-state index contributed by atoms with van der Waals surface area (Å²) in [4.78, 5) is 33.3. The van der Waals surface area contributed by atoms with Crippen LogP contribution >= 0.6 is 11.6 Å². The molecule has 1 unspecified atom stereocenters. The van der Waals surface area contributed by atoms with Crippen LogP contribution in [0.1, 0.15) is 40.5 Å². The lowest BCUT2D eigenvalue weighted by Crippen LogP contribution is -2.16. The summed E-state index contributed by atoms with van der Waals surface area (Å²) in [5, 5.41) is 10.4. The van der Waals surface area contributed by atoms with E-state index in [1.807, 2.05) is 0 Å². The molecule has 1 aromatic carbocycles. The molecular weight excluding hydrogens is 400 g/mol. The van der Waals surface area contributed by atoms with Gasteiger partial charge in [0.05, 0.1) is 29.9 Å². The van der Waals surface area contributed by atoms with Crippen molar-refractivity contribution >= 4 is 34.4 Å². The van der Waals surface area contributed by atoms with E-state index in [9.17, 15) is 14.7 Å². The second-order valence-corrected chi connectivity index (χ2v) is 6.52. The standard InChI is InChI=1S/C20H19ClN2O6/c1-3-28-20(26)17-15(6-7-24)23-18(29-17)16(19(25)27-2)11-4-5-14-12(8-11)9-13(21)10-22-14/h4-5,8-10,16,24H,3,6-7H2,1-2H3. The maximum atomic E-state index is 12.6. The van der Waals surface area contributed by atoms with Crippen LogP contribution in [0.5, 0.6) is 0 Å². The number of pyridine rings is 1. The summed E-state index contributed by atoms with van der Waals surface area (Å²) in [6, 6.07) is 6.89. The molecule has 2 heterocycles. The number of oxazole rings is 1. The molecule has 0 aliphatic carbocycles. The molecule has 0 amide bonds. The molecule has 0 radical (unpaired) electrons. The first-order valence-electron chi connectivity index (χ1n) is 8.89. The fraction of sp³-hybridized carbons (Fsp3) is 0.300. The molecule has 0 saturated carbocycles. The lowest BCUT2D eigenvalue weighted by atomic mass is 9.97. The fourth-order valence-electron chi connectivity index (χ4n) is 2.93. The summed E-state index contributed by atoms with van der Waals surface area (Å²) < 4.78 is 15.5. The van der Waals surface area contributed by atoms with E-state index in [0.29, 0.717) is 16.1 Å². The number of fused-ring (bicyclic) bond motifs is 1. The first-order valence-corrected chi connectivity index (χ1v) is 9.26. The molecule has 152 valence electrons. The van der Waals surface area contributed by atoms with Crippen LogP contribution in [-0.2, 0) is 20.7 Å². The van der Waals surface area contributed by atoms with Crippen molar-refractivity contribution in [2.45, 2.75) is 19.3 Å². The molecule has 3 aromatic rings. The van der Waals surface area contributed by atoms with Crippen molar-refractivity contribution < 1.29 is 28.6 Å². The van der Waals surface area contributed by atoms with E-state index < -0.39 is 17.9 Å². The van der Waals surface area contributed by atoms with Gasteiger partial charge in [0.1, 0.15) is 0 Å². The monoisotopic (exact) mass is 418 g/mol. The third-order valence-electron chi connectivity index (χ3n) is 4.21. The van der Waals surface area contributed by atoms with Crippen LogP contribution in [0.25, 0.3) is 10.9 Å². The number of ether oxygens (including phenoxy) is 2. The van der Waals surface area contributed by atoms with E-state index in [1.54, 1.807) is 31.2 Å².